The van der Waals surface area contributed by atoms with Gasteiger partial charge < -0.3 is 19.9 Å². The molecule has 1 aliphatic heterocycles. The zero-order valence-electron chi connectivity index (χ0n) is 17.8. The van der Waals surface area contributed by atoms with Crippen LogP contribution in [0.25, 0.3) is 11.1 Å². The van der Waals surface area contributed by atoms with Gasteiger partial charge in [0.2, 0.25) is 11.5 Å². The molecule has 11 heteroatoms. The monoisotopic (exact) mass is 464 g/mol. The van der Waals surface area contributed by atoms with Crippen molar-refractivity contribution in [3.63, 3.8) is 0 Å². The number of benzene rings is 2. The van der Waals surface area contributed by atoms with Crippen LogP contribution in [0.3, 0.4) is 0 Å². The van der Waals surface area contributed by atoms with Crippen LogP contribution in [0.15, 0.2) is 53.2 Å². The van der Waals surface area contributed by atoms with Crippen LogP contribution >= 0.6 is 0 Å². The van der Waals surface area contributed by atoms with Gasteiger partial charge >= 0.3 is 12.1 Å². The van der Waals surface area contributed by atoms with E-state index in [9.17, 15) is 19.5 Å². The van der Waals surface area contributed by atoms with Crippen molar-refractivity contribution in [1.29, 1.82) is 0 Å². The zero-order valence-corrected chi connectivity index (χ0v) is 17.8. The number of amides is 2. The van der Waals surface area contributed by atoms with E-state index in [4.69, 9.17) is 9.47 Å². The van der Waals surface area contributed by atoms with Gasteiger partial charge in [0.15, 0.2) is 5.54 Å². The average Bonchev–Trinajstić information content (AvgIpc) is 3.56. The first kappa shape index (κ1) is 21.6. The fourth-order valence-corrected chi connectivity index (χ4v) is 4.31. The standard InChI is InChI=1S/C23H20N4O7/c28-20(25-23(21(29)30)9-10-32-12-23)18-19(27-34-26-18)24-22(31)33-11-17-15-7-3-1-5-13(15)14-6-2-4-8-16(14)17/h1-8,17H,9-12H2,(H,25,28)(H,29,30)(H,24,27,31). The second-order valence-electron chi connectivity index (χ2n) is 8.06. The largest absolute Gasteiger partial charge is 0.479 e. The summed E-state index contributed by atoms with van der Waals surface area (Å²) in [5.41, 5.74) is 2.33. The highest BCUT2D eigenvalue weighted by atomic mass is 16.6. The predicted molar refractivity (Wildman–Crippen MR) is 116 cm³/mol. The van der Waals surface area contributed by atoms with Crippen LogP contribution in [-0.4, -0.2) is 58.7 Å². The summed E-state index contributed by atoms with van der Waals surface area (Å²) < 4.78 is 15.1. The zero-order chi connectivity index (χ0) is 23.7. The van der Waals surface area contributed by atoms with Crippen molar-refractivity contribution < 1.29 is 33.6 Å². The molecule has 1 saturated heterocycles. The average molecular weight is 464 g/mol. The number of nitrogens with one attached hydrogen (secondary N) is 2. The molecule has 34 heavy (non-hydrogen) atoms. The van der Waals surface area contributed by atoms with E-state index in [1.165, 1.54) is 0 Å². The van der Waals surface area contributed by atoms with Gasteiger partial charge in [-0.25, -0.2) is 14.2 Å². The molecule has 11 nitrogen and oxygen atoms in total. The number of hydrogen-bond acceptors (Lipinski definition) is 8. The summed E-state index contributed by atoms with van der Waals surface area (Å²) in [6.07, 6.45) is -0.766. The van der Waals surface area contributed by atoms with Crippen LogP contribution < -0.4 is 10.6 Å². The fourth-order valence-electron chi connectivity index (χ4n) is 4.31. The Kier molecular flexibility index (Phi) is 5.46. The van der Waals surface area contributed by atoms with Crippen molar-refractivity contribution >= 4 is 23.8 Å². The Morgan fingerprint density at radius 1 is 1.06 bits per heavy atom. The molecule has 3 aromatic rings. The van der Waals surface area contributed by atoms with Crippen LogP contribution in [0.1, 0.15) is 34.0 Å². The lowest BCUT2D eigenvalue weighted by Gasteiger charge is -2.22. The molecule has 2 aliphatic rings. The predicted octanol–water partition coefficient (Wildman–Crippen LogP) is 2.40. The van der Waals surface area contributed by atoms with Gasteiger partial charge in [-0.2, -0.15) is 0 Å². The summed E-state index contributed by atoms with van der Waals surface area (Å²) in [5.74, 6) is -2.53. The van der Waals surface area contributed by atoms with Crippen molar-refractivity contribution in [2.75, 3.05) is 25.1 Å². The molecule has 5 rings (SSSR count). The second-order valence-corrected chi connectivity index (χ2v) is 8.06. The third kappa shape index (κ3) is 3.75. The fraction of sp³-hybridized carbons (Fsp3) is 0.261. The van der Waals surface area contributed by atoms with Gasteiger partial charge in [-0.3, -0.25) is 10.1 Å². The number of carbonyl (C=O) groups is 3. The number of ether oxygens (including phenoxy) is 2. The molecule has 2 aromatic carbocycles. The van der Waals surface area contributed by atoms with E-state index < -0.39 is 23.5 Å². The van der Waals surface area contributed by atoms with Gasteiger partial charge in [-0.05, 0) is 32.6 Å². The van der Waals surface area contributed by atoms with Gasteiger partial charge in [0, 0.05) is 18.9 Å². The lowest BCUT2D eigenvalue weighted by molar-refractivity contribution is -0.144. The Balaban J connectivity index is 1.26. The minimum atomic E-state index is -1.59. The third-order valence-corrected chi connectivity index (χ3v) is 6.05. The molecule has 1 unspecified atom stereocenters. The number of fused-ring (bicyclic) bond motifs is 3. The molecular weight excluding hydrogens is 444 g/mol. The van der Waals surface area contributed by atoms with E-state index in [0.717, 1.165) is 22.3 Å². The summed E-state index contributed by atoms with van der Waals surface area (Å²) in [5, 5.41) is 21.3. The van der Waals surface area contributed by atoms with Crippen LogP contribution in [-0.2, 0) is 14.3 Å². The molecule has 0 bridgehead atoms. The van der Waals surface area contributed by atoms with E-state index in [1.54, 1.807) is 0 Å². The van der Waals surface area contributed by atoms with Crippen LogP contribution in [0.5, 0.6) is 0 Å². The molecule has 0 spiro atoms. The summed E-state index contributed by atoms with van der Waals surface area (Å²) >= 11 is 0. The van der Waals surface area contributed by atoms with E-state index in [1.807, 2.05) is 48.5 Å². The van der Waals surface area contributed by atoms with E-state index in [0.29, 0.717) is 0 Å². The topological polar surface area (TPSA) is 153 Å². The van der Waals surface area contributed by atoms with E-state index >= 15 is 0 Å². The van der Waals surface area contributed by atoms with Crippen molar-refractivity contribution in [3.05, 3.63) is 65.4 Å². The Hall–Kier alpha value is -4.25. The molecule has 3 N–H and O–H groups in total. The Bertz CT molecular complexity index is 1220. The van der Waals surface area contributed by atoms with Crippen LogP contribution in [0, 0.1) is 0 Å². The van der Waals surface area contributed by atoms with Gasteiger partial charge in [0.1, 0.15) is 6.61 Å². The number of carboxylic acids is 1. The summed E-state index contributed by atoms with van der Waals surface area (Å²) in [6, 6.07) is 15.8. The smallest absolute Gasteiger partial charge is 0.412 e. The van der Waals surface area contributed by atoms with Crippen molar-refractivity contribution in [1.82, 2.24) is 15.6 Å². The Morgan fingerprint density at radius 3 is 2.35 bits per heavy atom. The maximum atomic E-state index is 12.6. The third-order valence-electron chi connectivity index (χ3n) is 6.05. The van der Waals surface area contributed by atoms with Gasteiger partial charge in [0.25, 0.3) is 5.91 Å². The van der Waals surface area contributed by atoms with Crippen molar-refractivity contribution in [2.24, 2.45) is 0 Å². The number of rotatable bonds is 6. The molecule has 1 aromatic heterocycles. The number of aromatic nitrogens is 2. The molecular formula is C23H20N4O7. The highest BCUT2D eigenvalue weighted by Crippen LogP contribution is 2.44. The normalized spacial score (nSPS) is 18.7. The van der Waals surface area contributed by atoms with Gasteiger partial charge in [-0.1, -0.05) is 48.5 Å². The van der Waals surface area contributed by atoms with E-state index in [2.05, 4.69) is 25.6 Å². The molecule has 1 aliphatic carbocycles. The SMILES string of the molecule is O=C(Nc1nonc1C(=O)NC1(C(=O)O)CCOC1)OCC1c2ccccc2-c2ccccc21. The van der Waals surface area contributed by atoms with E-state index in [-0.39, 0.29) is 43.7 Å². The van der Waals surface area contributed by atoms with Crippen molar-refractivity contribution in [2.45, 2.75) is 17.9 Å². The molecule has 0 radical (unpaired) electrons. The number of aliphatic carboxylic acids is 1. The Labute approximate surface area is 193 Å². The number of carbonyl (C=O) groups excluding carboxylic acids is 2. The minimum absolute atomic E-state index is 0.0616. The second kappa shape index (κ2) is 8.60. The van der Waals surface area contributed by atoms with Gasteiger partial charge in [-0.15, -0.1) is 0 Å². The lowest BCUT2D eigenvalue weighted by Crippen LogP contribution is -2.55. The van der Waals surface area contributed by atoms with Crippen LogP contribution in [0.4, 0.5) is 10.6 Å². The highest BCUT2D eigenvalue weighted by molar-refractivity contribution is 6.02. The molecule has 0 saturated carbocycles. The lowest BCUT2D eigenvalue weighted by atomic mass is 9.98. The maximum absolute atomic E-state index is 12.6. The molecule has 174 valence electrons. The first-order chi connectivity index (χ1) is 16.5. The first-order valence-electron chi connectivity index (χ1n) is 10.6. The first-order valence-corrected chi connectivity index (χ1v) is 10.6. The Morgan fingerprint density at radius 2 is 1.74 bits per heavy atom. The minimum Gasteiger partial charge on any atom is -0.479 e. The number of hydrogen-bond donors (Lipinski definition) is 3. The molecule has 1 atom stereocenters. The maximum Gasteiger partial charge on any atom is 0.412 e. The van der Waals surface area contributed by atoms with Gasteiger partial charge in [0.05, 0.1) is 6.61 Å². The number of carboxylic acid groups (broad SMARTS) is 1. The van der Waals surface area contributed by atoms with Crippen molar-refractivity contribution in [3.8, 4) is 11.1 Å². The molecule has 2 amide bonds. The molecule has 2 heterocycles. The quantitative estimate of drug-likeness (QED) is 0.499. The number of anilines is 1. The molecule has 1 fully saturated rings. The summed E-state index contributed by atoms with van der Waals surface area (Å²) in [4.78, 5) is 36.8. The summed E-state index contributed by atoms with van der Waals surface area (Å²) in [7, 11) is 0. The van der Waals surface area contributed by atoms with Crippen LogP contribution in [0.2, 0.25) is 0 Å². The highest BCUT2D eigenvalue weighted by Gasteiger charge is 2.45. The summed E-state index contributed by atoms with van der Waals surface area (Å²) in [6.45, 7) is 0.0646. The number of nitrogens with zero attached hydrogens (tertiary/aromatic N) is 2.